The number of unbranched alkanes of at least 4 members (excludes halogenated alkanes) is 1. The molecule has 16 heavy (non-hydrogen) atoms. The van der Waals surface area contributed by atoms with E-state index in [1.54, 1.807) is 11.8 Å². The molecule has 1 aromatic carbocycles. The Hall–Kier alpha value is -0.960. The Labute approximate surface area is 101 Å². The van der Waals surface area contributed by atoms with Gasteiger partial charge in [0.25, 0.3) is 0 Å². The van der Waals surface area contributed by atoms with Crippen LogP contribution in [0.3, 0.4) is 0 Å². The molecular weight excluding hydrogens is 218 g/mol. The highest BCUT2D eigenvalue weighted by Gasteiger charge is 2.31. The second-order valence-electron chi connectivity index (χ2n) is 4.01. The lowest BCUT2D eigenvalue weighted by Gasteiger charge is -2.23. The van der Waals surface area contributed by atoms with Crippen molar-refractivity contribution in [3.05, 3.63) is 35.9 Å². The Bertz CT molecular complexity index is 352. The Morgan fingerprint density at radius 2 is 2.12 bits per heavy atom. The number of hydrogen-bond donors (Lipinski definition) is 0. The molecule has 0 radical (unpaired) electrons. The topological polar surface area (TPSA) is 20.3 Å². The molecule has 0 aliphatic carbocycles. The van der Waals surface area contributed by atoms with Crippen molar-refractivity contribution in [2.45, 2.75) is 25.1 Å². The molecule has 0 spiro atoms. The number of benzene rings is 1. The molecule has 1 aliphatic heterocycles. The first-order valence-electron chi connectivity index (χ1n) is 5.79. The van der Waals surface area contributed by atoms with Crippen molar-refractivity contribution in [3.63, 3.8) is 0 Å². The Morgan fingerprint density at radius 1 is 1.38 bits per heavy atom. The van der Waals surface area contributed by atoms with E-state index in [9.17, 15) is 4.79 Å². The van der Waals surface area contributed by atoms with E-state index >= 15 is 0 Å². The summed E-state index contributed by atoms with van der Waals surface area (Å²) in [5.41, 5.74) is 1.24. The zero-order valence-electron chi connectivity index (χ0n) is 9.56. The van der Waals surface area contributed by atoms with Gasteiger partial charge in [0.15, 0.2) is 0 Å². The molecule has 1 saturated heterocycles. The third-order valence-electron chi connectivity index (χ3n) is 2.81. The van der Waals surface area contributed by atoms with Gasteiger partial charge in [-0.3, -0.25) is 4.79 Å². The predicted octanol–water partition coefficient (Wildman–Crippen LogP) is 3.06. The van der Waals surface area contributed by atoms with Crippen LogP contribution in [0.2, 0.25) is 0 Å². The summed E-state index contributed by atoms with van der Waals surface area (Å²) in [5, 5.41) is 0.236. The number of nitrogens with zero attached hydrogens (tertiary/aromatic N) is 1. The second kappa shape index (κ2) is 5.39. The highest BCUT2D eigenvalue weighted by atomic mass is 32.2. The van der Waals surface area contributed by atoms with Gasteiger partial charge in [0, 0.05) is 6.54 Å². The van der Waals surface area contributed by atoms with Crippen molar-refractivity contribution in [3.8, 4) is 0 Å². The van der Waals surface area contributed by atoms with Crippen molar-refractivity contribution in [2.75, 3.05) is 12.3 Å². The molecule has 3 heteroatoms. The molecule has 0 aromatic heterocycles. The molecule has 1 fully saturated rings. The van der Waals surface area contributed by atoms with E-state index in [0.717, 1.165) is 19.4 Å². The van der Waals surface area contributed by atoms with Crippen LogP contribution >= 0.6 is 11.8 Å². The monoisotopic (exact) mass is 235 g/mol. The molecule has 1 unspecified atom stereocenters. The van der Waals surface area contributed by atoms with E-state index in [0.29, 0.717) is 5.75 Å². The summed E-state index contributed by atoms with van der Waals surface area (Å²) >= 11 is 1.74. The summed E-state index contributed by atoms with van der Waals surface area (Å²) in [6, 6.07) is 10.3. The van der Waals surface area contributed by atoms with Gasteiger partial charge in [-0.25, -0.2) is 0 Å². The van der Waals surface area contributed by atoms with Crippen LogP contribution in [0.1, 0.15) is 30.7 Å². The Morgan fingerprint density at radius 3 is 2.81 bits per heavy atom. The molecule has 86 valence electrons. The van der Waals surface area contributed by atoms with Crippen molar-refractivity contribution in [1.82, 2.24) is 4.90 Å². The number of rotatable bonds is 4. The number of thioether (sulfide) groups is 1. The molecule has 0 bridgehead atoms. The summed E-state index contributed by atoms with van der Waals surface area (Å²) in [7, 11) is 0. The maximum atomic E-state index is 11.8. The van der Waals surface area contributed by atoms with E-state index in [-0.39, 0.29) is 11.3 Å². The summed E-state index contributed by atoms with van der Waals surface area (Å²) in [4.78, 5) is 13.8. The average Bonchev–Trinajstić information content (AvgIpc) is 2.69. The standard InChI is InChI=1S/C13H17NOS/c1-2-3-9-14-12(15)10-16-13(14)11-7-5-4-6-8-11/h4-8,13H,2-3,9-10H2,1H3. The number of amides is 1. The smallest absolute Gasteiger partial charge is 0.233 e. The van der Waals surface area contributed by atoms with Gasteiger partial charge in [-0.2, -0.15) is 0 Å². The normalized spacial score (nSPS) is 20.4. The number of carbonyl (C=O) groups is 1. The zero-order chi connectivity index (χ0) is 11.4. The van der Waals surface area contributed by atoms with E-state index < -0.39 is 0 Å². The zero-order valence-corrected chi connectivity index (χ0v) is 10.4. The van der Waals surface area contributed by atoms with Crippen LogP contribution < -0.4 is 0 Å². The Balaban J connectivity index is 2.11. The van der Waals surface area contributed by atoms with Gasteiger partial charge in [-0.1, -0.05) is 43.7 Å². The van der Waals surface area contributed by atoms with Crippen LogP contribution in [0.5, 0.6) is 0 Å². The largest absolute Gasteiger partial charge is 0.326 e. The lowest BCUT2D eigenvalue weighted by Crippen LogP contribution is -2.29. The van der Waals surface area contributed by atoms with E-state index in [1.165, 1.54) is 5.56 Å². The van der Waals surface area contributed by atoms with Crippen LogP contribution in [-0.2, 0) is 4.79 Å². The average molecular weight is 235 g/mol. The maximum Gasteiger partial charge on any atom is 0.233 e. The minimum absolute atomic E-state index is 0.236. The molecule has 2 nitrogen and oxygen atoms in total. The van der Waals surface area contributed by atoms with Crippen molar-refractivity contribution < 1.29 is 4.79 Å². The van der Waals surface area contributed by atoms with Crippen LogP contribution in [0.25, 0.3) is 0 Å². The summed E-state index contributed by atoms with van der Waals surface area (Å²) < 4.78 is 0. The fourth-order valence-electron chi connectivity index (χ4n) is 1.92. The molecule has 0 saturated carbocycles. The van der Waals surface area contributed by atoms with Crippen LogP contribution in [0.4, 0.5) is 0 Å². The molecule has 1 aromatic rings. The lowest BCUT2D eigenvalue weighted by molar-refractivity contribution is -0.128. The van der Waals surface area contributed by atoms with Crippen molar-refractivity contribution in [1.29, 1.82) is 0 Å². The summed E-state index contributed by atoms with van der Waals surface area (Å²) in [5.74, 6) is 0.913. The molecule has 1 heterocycles. The van der Waals surface area contributed by atoms with Gasteiger partial charge in [-0.15, -0.1) is 11.8 Å². The fourth-order valence-corrected chi connectivity index (χ4v) is 3.14. The SMILES string of the molecule is CCCCN1C(=O)CSC1c1ccccc1. The van der Waals surface area contributed by atoms with Gasteiger partial charge in [-0.05, 0) is 12.0 Å². The number of carbonyl (C=O) groups excluding carboxylic acids is 1. The van der Waals surface area contributed by atoms with Crippen molar-refractivity contribution >= 4 is 17.7 Å². The van der Waals surface area contributed by atoms with E-state index in [1.807, 2.05) is 23.1 Å². The summed E-state index contributed by atoms with van der Waals surface area (Å²) in [6.45, 7) is 3.05. The van der Waals surface area contributed by atoms with Gasteiger partial charge in [0.2, 0.25) is 5.91 Å². The minimum atomic E-state index is 0.236. The van der Waals surface area contributed by atoms with Crippen LogP contribution in [0.15, 0.2) is 30.3 Å². The molecule has 0 N–H and O–H groups in total. The molecule has 1 aliphatic rings. The third kappa shape index (κ3) is 2.40. The first-order chi connectivity index (χ1) is 7.83. The molecule has 2 rings (SSSR count). The maximum absolute atomic E-state index is 11.8. The van der Waals surface area contributed by atoms with E-state index in [4.69, 9.17) is 0 Å². The molecular formula is C13H17NOS. The second-order valence-corrected chi connectivity index (χ2v) is 5.08. The third-order valence-corrected chi connectivity index (χ3v) is 4.06. The van der Waals surface area contributed by atoms with Crippen molar-refractivity contribution in [2.24, 2.45) is 0 Å². The first-order valence-corrected chi connectivity index (χ1v) is 6.84. The molecule has 1 atom stereocenters. The Kier molecular flexibility index (Phi) is 3.88. The predicted molar refractivity (Wildman–Crippen MR) is 68.3 cm³/mol. The fraction of sp³-hybridized carbons (Fsp3) is 0.462. The number of hydrogen-bond acceptors (Lipinski definition) is 2. The highest BCUT2D eigenvalue weighted by molar-refractivity contribution is 8.00. The first kappa shape index (κ1) is 11.5. The van der Waals surface area contributed by atoms with E-state index in [2.05, 4.69) is 19.1 Å². The van der Waals surface area contributed by atoms with Gasteiger partial charge >= 0.3 is 0 Å². The summed E-state index contributed by atoms with van der Waals surface area (Å²) in [6.07, 6.45) is 2.23. The van der Waals surface area contributed by atoms with Gasteiger partial charge in [0.1, 0.15) is 5.37 Å². The van der Waals surface area contributed by atoms with Crippen LogP contribution in [-0.4, -0.2) is 23.1 Å². The quantitative estimate of drug-likeness (QED) is 0.799. The van der Waals surface area contributed by atoms with Gasteiger partial charge < -0.3 is 4.90 Å². The minimum Gasteiger partial charge on any atom is -0.326 e. The highest BCUT2D eigenvalue weighted by Crippen LogP contribution is 2.38. The van der Waals surface area contributed by atoms with Gasteiger partial charge in [0.05, 0.1) is 5.75 Å². The van der Waals surface area contributed by atoms with Crippen LogP contribution in [0, 0.1) is 0 Å². The lowest BCUT2D eigenvalue weighted by atomic mass is 10.2. The molecule has 1 amide bonds.